The highest BCUT2D eigenvalue weighted by Gasteiger charge is 2.27. The Morgan fingerprint density at radius 3 is 2.70 bits per heavy atom. The Kier molecular flexibility index (Phi) is 8.33. The van der Waals surface area contributed by atoms with Crippen molar-refractivity contribution in [2.75, 3.05) is 59.7 Å². The third-order valence-electron chi connectivity index (χ3n) is 5.47. The van der Waals surface area contributed by atoms with Crippen LogP contribution in [0.1, 0.15) is 25.3 Å². The molecule has 2 aliphatic rings. The molecule has 1 aromatic rings. The molecular formula is C22H32N2O6. The Labute approximate surface area is 178 Å². The summed E-state index contributed by atoms with van der Waals surface area (Å²) in [4.78, 5) is 28.4. The topological polar surface area (TPSA) is 77.5 Å². The number of likely N-dealkylation sites (tertiary alicyclic amines) is 1. The molecule has 8 heteroatoms. The maximum atomic E-state index is 12.3. The van der Waals surface area contributed by atoms with E-state index in [0.29, 0.717) is 51.0 Å². The van der Waals surface area contributed by atoms with Crippen LogP contribution in [0.3, 0.4) is 0 Å². The number of carbonyl (C=O) groups excluding carboxylic acids is 2. The first kappa shape index (κ1) is 22.4. The predicted molar refractivity (Wildman–Crippen MR) is 111 cm³/mol. The van der Waals surface area contributed by atoms with E-state index in [1.165, 1.54) is 0 Å². The fourth-order valence-electron chi connectivity index (χ4n) is 3.88. The number of ether oxygens (including phenoxy) is 4. The van der Waals surface area contributed by atoms with Crippen LogP contribution >= 0.6 is 0 Å². The van der Waals surface area contributed by atoms with Crippen LogP contribution in [-0.2, 0) is 25.6 Å². The number of morpholine rings is 1. The number of benzene rings is 1. The van der Waals surface area contributed by atoms with Crippen molar-refractivity contribution in [2.45, 2.75) is 26.3 Å². The third kappa shape index (κ3) is 6.09. The Bertz CT molecular complexity index is 720. The van der Waals surface area contributed by atoms with Crippen LogP contribution < -0.4 is 9.47 Å². The Balaban J connectivity index is 1.55. The molecule has 0 radical (unpaired) electrons. The third-order valence-corrected chi connectivity index (χ3v) is 5.47. The minimum atomic E-state index is -0.103. The fourth-order valence-corrected chi connectivity index (χ4v) is 3.88. The lowest BCUT2D eigenvalue weighted by Crippen LogP contribution is -2.43. The van der Waals surface area contributed by atoms with Crippen molar-refractivity contribution < 1.29 is 28.5 Å². The van der Waals surface area contributed by atoms with Crippen LogP contribution in [0.4, 0.5) is 0 Å². The zero-order valence-electron chi connectivity index (χ0n) is 17.9. The van der Waals surface area contributed by atoms with Gasteiger partial charge in [0.2, 0.25) is 0 Å². The molecule has 2 aliphatic heterocycles. The molecule has 1 amide bonds. The molecule has 0 aromatic heterocycles. The van der Waals surface area contributed by atoms with Gasteiger partial charge in [0.25, 0.3) is 5.91 Å². The van der Waals surface area contributed by atoms with Crippen molar-refractivity contribution in [3.63, 3.8) is 0 Å². The molecule has 0 saturated carbocycles. The van der Waals surface area contributed by atoms with Crippen LogP contribution in [0.25, 0.3) is 0 Å². The molecule has 166 valence electrons. The lowest BCUT2D eigenvalue weighted by atomic mass is 9.97. The number of piperidine rings is 1. The fraction of sp³-hybridized carbons (Fsp3) is 0.636. The summed E-state index contributed by atoms with van der Waals surface area (Å²) in [7, 11) is 1.59. The lowest BCUT2D eigenvalue weighted by molar-refractivity contribution is -0.150. The molecule has 2 saturated heterocycles. The average molecular weight is 421 g/mol. The van der Waals surface area contributed by atoms with Crippen LogP contribution in [0.15, 0.2) is 18.2 Å². The number of rotatable bonds is 8. The van der Waals surface area contributed by atoms with Gasteiger partial charge in [0, 0.05) is 26.2 Å². The normalized spacial score (nSPS) is 19.9. The summed E-state index contributed by atoms with van der Waals surface area (Å²) in [5.74, 6) is 0.928. The molecule has 30 heavy (non-hydrogen) atoms. The average Bonchev–Trinajstić information content (AvgIpc) is 2.78. The number of nitrogens with zero attached hydrogens (tertiary/aromatic N) is 2. The first-order chi connectivity index (χ1) is 14.6. The molecule has 0 unspecified atom stereocenters. The van der Waals surface area contributed by atoms with Crippen molar-refractivity contribution in [3.05, 3.63) is 23.8 Å². The summed E-state index contributed by atoms with van der Waals surface area (Å²) in [5.41, 5.74) is 1.07. The summed E-state index contributed by atoms with van der Waals surface area (Å²) < 4.78 is 21.7. The zero-order chi connectivity index (χ0) is 21.3. The van der Waals surface area contributed by atoms with Gasteiger partial charge >= 0.3 is 5.97 Å². The lowest BCUT2D eigenvalue weighted by Gasteiger charge is -2.31. The second-order valence-electron chi connectivity index (χ2n) is 7.59. The molecule has 0 spiro atoms. The van der Waals surface area contributed by atoms with Gasteiger partial charge in [-0.1, -0.05) is 6.07 Å². The first-order valence-electron chi connectivity index (χ1n) is 10.6. The molecule has 0 bridgehead atoms. The van der Waals surface area contributed by atoms with Crippen molar-refractivity contribution in [2.24, 2.45) is 5.92 Å². The Morgan fingerprint density at radius 2 is 1.97 bits per heavy atom. The number of hydrogen-bond donors (Lipinski definition) is 0. The van der Waals surface area contributed by atoms with E-state index in [2.05, 4.69) is 4.90 Å². The molecule has 8 nitrogen and oxygen atoms in total. The quantitative estimate of drug-likeness (QED) is 0.593. The monoisotopic (exact) mass is 420 g/mol. The molecule has 0 N–H and O–H groups in total. The highest BCUT2D eigenvalue weighted by molar-refractivity contribution is 5.78. The van der Waals surface area contributed by atoms with E-state index >= 15 is 0 Å². The molecular weight excluding hydrogens is 388 g/mol. The number of hydrogen-bond acceptors (Lipinski definition) is 7. The minimum Gasteiger partial charge on any atom is -0.493 e. The standard InChI is InChI=1S/C22H32N2O6/c1-3-29-22(26)18-5-4-8-23(15-18)14-17-6-7-19(20(13-17)27-2)30-16-21(25)24-9-11-28-12-10-24/h6-7,13,18H,3-5,8-12,14-16H2,1-2H3/t18-/m0/s1. The molecule has 2 fully saturated rings. The van der Waals surface area contributed by atoms with E-state index in [-0.39, 0.29) is 24.4 Å². The second-order valence-corrected chi connectivity index (χ2v) is 7.59. The van der Waals surface area contributed by atoms with Crippen LogP contribution in [-0.4, -0.2) is 81.4 Å². The highest BCUT2D eigenvalue weighted by atomic mass is 16.5. The van der Waals surface area contributed by atoms with Gasteiger partial charge in [-0.2, -0.15) is 0 Å². The predicted octanol–water partition coefficient (Wildman–Crippen LogP) is 1.71. The van der Waals surface area contributed by atoms with Gasteiger partial charge in [-0.15, -0.1) is 0 Å². The van der Waals surface area contributed by atoms with Crippen molar-refractivity contribution in [3.8, 4) is 11.5 Å². The number of esters is 1. The summed E-state index contributed by atoms with van der Waals surface area (Å²) >= 11 is 0. The van der Waals surface area contributed by atoms with Gasteiger partial charge in [0.15, 0.2) is 18.1 Å². The maximum absolute atomic E-state index is 12.3. The molecule has 0 aliphatic carbocycles. The van der Waals surface area contributed by atoms with Crippen molar-refractivity contribution in [1.82, 2.24) is 9.80 Å². The van der Waals surface area contributed by atoms with Crippen LogP contribution in [0.5, 0.6) is 11.5 Å². The smallest absolute Gasteiger partial charge is 0.310 e. The first-order valence-corrected chi connectivity index (χ1v) is 10.6. The van der Waals surface area contributed by atoms with Gasteiger partial charge in [-0.3, -0.25) is 14.5 Å². The maximum Gasteiger partial charge on any atom is 0.310 e. The summed E-state index contributed by atoms with van der Waals surface area (Å²) in [6.45, 7) is 6.93. The van der Waals surface area contributed by atoms with Crippen LogP contribution in [0, 0.1) is 5.92 Å². The van der Waals surface area contributed by atoms with Gasteiger partial charge in [0.05, 0.1) is 32.8 Å². The van der Waals surface area contributed by atoms with E-state index in [1.54, 1.807) is 12.0 Å². The summed E-state index contributed by atoms with van der Waals surface area (Å²) in [5, 5.41) is 0. The van der Waals surface area contributed by atoms with E-state index < -0.39 is 0 Å². The number of amides is 1. The molecule has 1 atom stereocenters. The summed E-state index contributed by atoms with van der Waals surface area (Å²) in [6, 6.07) is 5.75. The van der Waals surface area contributed by atoms with Gasteiger partial charge in [0.1, 0.15) is 0 Å². The Morgan fingerprint density at radius 1 is 1.17 bits per heavy atom. The molecule has 3 rings (SSSR count). The van der Waals surface area contributed by atoms with E-state index in [4.69, 9.17) is 18.9 Å². The number of carbonyl (C=O) groups is 2. The number of methoxy groups -OCH3 is 1. The minimum absolute atomic E-state index is 0.0248. The van der Waals surface area contributed by atoms with Gasteiger partial charge in [-0.05, 0) is 44.0 Å². The van der Waals surface area contributed by atoms with Crippen molar-refractivity contribution >= 4 is 11.9 Å². The van der Waals surface area contributed by atoms with E-state index in [9.17, 15) is 9.59 Å². The van der Waals surface area contributed by atoms with E-state index in [1.807, 2.05) is 25.1 Å². The zero-order valence-corrected chi connectivity index (χ0v) is 17.9. The largest absolute Gasteiger partial charge is 0.493 e. The second kappa shape index (κ2) is 11.2. The van der Waals surface area contributed by atoms with Crippen molar-refractivity contribution in [1.29, 1.82) is 0 Å². The van der Waals surface area contributed by atoms with Gasteiger partial charge in [-0.25, -0.2) is 0 Å². The SMILES string of the molecule is CCOC(=O)[C@H]1CCCN(Cc2ccc(OCC(=O)N3CCOCC3)c(OC)c2)C1. The van der Waals surface area contributed by atoms with Crippen LogP contribution in [0.2, 0.25) is 0 Å². The summed E-state index contributed by atoms with van der Waals surface area (Å²) in [6.07, 6.45) is 1.86. The van der Waals surface area contributed by atoms with E-state index in [0.717, 1.165) is 31.5 Å². The van der Waals surface area contributed by atoms with Gasteiger partial charge < -0.3 is 23.8 Å². The molecule has 1 aromatic carbocycles. The highest BCUT2D eigenvalue weighted by Crippen LogP contribution is 2.29. The Hall–Kier alpha value is -2.32. The molecule has 2 heterocycles.